The van der Waals surface area contributed by atoms with Crippen LogP contribution in [0.15, 0.2) is 48.8 Å². The second-order valence-corrected chi connectivity index (χ2v) is 4.23. The van der Waals surface area contributed by atoms with Gasteiger partial charge in [-0.3, -0.25) is 4.98 Å². The summed E-state index contributed by atoms with van der Waals surface area (Å²) in [5.41, 5.74) is 2.22. The fraction of sp³-hybridized carbons (Fsp3) is 0.333. The van der Waals surface area contributed by atoms with Gasteiger partial charge in [0.1, 0.15) is 0 Å². The summed E-state index contributed by atoms with van der Waals surface area (Å²) < 4.78 is 0.710. The standard InChI is InChI=1S/C9H7N.C5H8N2S.2C2H6/c1-2-6-9-8(4-1)5-3-7-10-9;1-2-4-3-6-5(8)7-4;2*1-2/h1-7H;3H,2H2,1H3,(H2,6,7,8);2*1-2H3. The fourth-order valence-corrected chi connectivity index (χ4v) is 1.77. The molecular formula is C18H27N3S. The van der Waals surface area contributed by atoms with Crippen molar-refractivity contribution in [3.05, 3.63) is 59.3 Å². The van der Waals surface area contributed by atoms with Gasteiger partial charge in [0, 0.05) is 23.5 Å². The van der Waals surface area contributed by atoms with E-state index in [2.05, 4.69) is 34.0 Å². The number of hydrogen-bond donors (Lipinski definition) is 2. The first-order valence-corrected chi connectivity index (χ1v) is 8.26. The number of aryl methyl sites for hydroxylation is 1. The zero-order valence-electron chi connectivity index (χ0n) is 14.2. The molecule has 0 aliphatic carbocycles. The molecule has 2 aromatic heterocycles. The zero-order chi connectivity index (χ0) is 16.8. The molecule has 2 N–H and O–H groups in total. The number of H-pyrrole nitrogens is 2. The highest BCUT2D eigenvalue weighted by atomic mass is 32.1. The molecule has 0 aliphatic heterocycles. The second kappa shape index (κ2) is 12.8. The molecule has 0 amide bonds. The van der Waals surface area contributed by atoms with Gasteiger partial charge in [0.15, 0.2) is 4.77 Å². The van der Waals surface area contributed by atoms with Crippen molar-refractivity contribution >= 4 is 23.1 Å². The molecule has 3 rings (SSSR count). The molecule has 0 aliphatic rings. The molecular weight excluding hydrogens is 290 g/mol. The molecule has 0 saturated heterocycles. The summed E-state index contributed by atoms with van der Waals surface area (Å²) in [7, 11) is 0. The Morgan fingerprint density at radius 1 is 1.00 bits per heavy atom. The third kappa shape index (κ3) is 7.18. The van der Waals surface area contributed by atoms with Crippen molar-refractivity contribution in [3.8, 4) is 0 Å². The number of para-hydroxylation sites is 1. The van der Waals surface area contributed by atoms with E-state index >= 15 is 0 Å². The molecule has 22 heavy (non-hydrogen) atoms. The number of rotatable bonds is 1. The summed E-state index contributed by atoms with van der Waals surface area (Å²) in [6.07, 6.45) is 4.71. The third-order valence-corrected chi connectivity index (χ3v) is 2.76. The minimum atomic E-state index is 0.710. The van der Waals surface area contributed by atoms with Gasteiger partial charge in [-0.1, -0.05) is 58.9 Å². The summed E-state index contributed by atoms with van der Waals surface area (Å²) >= 11 is 4.79. The van der Waals surface area contributed by atoms with E-state index in [4.69, 9.17) is 12.2 Å². The maximum atomic E-state index is 4.79. The van der Waals surface area contributed by atoms with Gasteiger partial charge in [-0.05, 0) is 30.8 Å². The van der Waals surface area contributed by atoms with E-state index in [0.29, 0.717) is 4.77 Å². The Kier molecular flexibility index (Phi) is 11.6. The van der Waals surface area contributed by atoms with Gasteiger partial charge in [-0.2, -0.15) is 0 Å². The first kappa shape index (κ1) is 20.1. The van der Waals surface area contributed by atoms with Crippen molar-refractivity contribution in [1.29, 1.82) is 0 Å². The van der Waals surface area contributed by atoms with Crippen LogP contribution < -0.4 is 0 Å². The van der Waals surface area contributed by atoms with Crippen LogP contribution in [0.2, 0.25) is 0 Å². The van der Waals surface area contributed by atoms with E-state index in [9.17, 15) is 0 Å². The van der Waals surface area contributed by atoms with Crippen molar-refractivity contribution < 1.29 is 0 Å². The molecule has 0 atom stereocenters. The third-order valence-electron chi connectivity index (χ3n) is 2.54. The number of pyridine rings is 1. The number of nitrogens with one attached hydrogen (secondary N) is 2. The van der Waals surface area contributed by atoms with Crippen LogP contribution in [-0.2, 0) is 6.42 Å². The molecule has 3 nitrogen and oxygen atoms in total. The number of nitrogens with zero attached hydrogens (tertiary/aromatic N) is 1. The Hall–Kier alpha value is -1.94. The van der Waals surface area contributed by atoms with E-state index in [1.54, 1.807) is 0 Å². The number of hydrogen-bond acceptors (Lipinski definition) is 2. The second-order valence-electron chi connectivity index (χ2n) is 3.82. The monoisotopic (exact) mass is 317 g/mol. The summed E-state index contributed by atoms with van der Waals surface area (Å²) in [5, 5.41) is 1.20. The Balaban J connectivity index is 0.000000333. The van der Waals surface area contributed by atoms with E-state index in [-0.39, 0.29) is 0 Å². The predicted molar refractivity (Wildman–Crippen MR) is 99.8 cm³/mol. The van der Waals surface area contributed by atoms with E-state index in [1.165, 1.54) is 5.39 Å². The summed E-state index contributed by atoms with van der Waals surface area (Å²) in [6, 6.07) is 12.1. The Morgan fingerprint density at radius 2 is 1.64 bits per heavy atom. The fourth-order valence-electron chi connectivity index (χ4n) is 1.58. The van der Waals surface area contributed by atoms with Crippen LogP contribution in [0, 0.1) is 4.77 Å². The highest BCUT2D eigenvalue weighted by Crippen LogP contribution is 2.07. The SMILES string of the molecule is CC.CC.CCc1c[nH]c(=S)[nH]1.c1ccc2ncccc2c1. The van der Waals surface area contributed by atoms with Gasteiger partial charge in [0.2, 0.25) is 0 Å². The number of benzene rings is 1. The molecule has 0 unspecified atom stereocenters. The molecule has 0 radical (unpaired) electrons. The van der Waals surface area contributed by atoms with Gasteiger partial charge in [-0.15, -0.1) is 0 Å². The van der Waals surface area contributed by atoms with E-state index in [0.717, 1.165) is 17.6 Å². The Bertz CT molecular complexity index is 605. The number of fused-ring (bicyclic) bond motifs is 1. The molecule has 4 heteroatoms. The highest BCUT2D eigenvalue weighted by molar-refractivity contribution is 7.71. The summed E-state index contributed by atoms with van der Waals surface area (Å²) in [5.74, 6) is 0. The first-order valence-electron chi connectivity index (χ1n) is 7.86. The quantitative estimate of drug-likeness (QED) is 0.547. The van der Waals surface area contributed by atoms with Crippen LogP contribution in [-0.4, -0.2) is 15.0 Å². The van der Waals surface area contributed by atoms with Crippen LogP contribution >= 0.6 is 12.2 Å². The van der Waals surface area contributed by atoms with Crippen LogP contribution in [0.25, 0.3) is 10.9 Å². The van der Waals surface area contributed by atoms with Gasteiger partial charge in [0.05, 0.1) is 5.52 Å². The maximum absolute atomic E-state index is 4.79. The Labute approximate surface area is 138 Å². The predicted octanol–water partition coefficient (Wildman–Crippen LogP) is 5.92. The molecule has 120 valence electrons. The minimum absolute atomic E-state index is 0.710. The van der Waals surface area contributed by atoms with Crippen molar-refractivity contribution in [2.24, 2.45) is 0 Å². The van der Waals surface area contributed by atoms with Crippen molar-refractivity contribution in [1.82, 2.24) is 15.0 Å². The lowest BCUT2D eigenvalue weighted by molar-refractivity contribution is 1.06. The van der Waals surface area contributed by atoms with Gasteiger partial charge < -0.3 is 9.97 Å². The number of aromatic amines is 2. The lowest BCUT2D eigenvalue weighted by Gasteiger charge is -1.91. The molecule has 0 fully saturated rings. The maximum Gasteiger partial charge on any atom is 0.174 e. The van der Waals surface area contributed by atoms with Crippen molar-refractivity contribution in [2.45, 2.75) is 41.0 Å². The molecule has 3 aromatic rings. The average molecular weight is 318 g/mol. The average Bonchev–Trinajstić information content (AvgIpc) is 3.05. The molecule has 2 heterocycles. The topological polar surface area (TPSA) is 44.5 Å². The smallest absolute Gasteiger partial charge is 0.174 e. The first-order chi connectivity index (χ1) is 10.8. The Morgan fingerprint density at radius 3 is 2.14 bits per heavy atom. The van der Waals surface area contributed by atoms with Crippen molar-refractivity contribution in [3.63, 3.8) is 0 Å². The van der Waals surface area contributed by atoms with Crippen LogP contribution in [0.5, 0.6) is 0 Å². The minimum Gasteiger partial charge on any atom is -0.337 e. The van der Waals surface area contributed by atoms with Gasteiger partial charge in [-0.25, -0.2) is 0 Å². The molecule has 0 bridgehead atoms. The summed E-state index contributed by atoms with van der Waals surface area (Å²) in [4.78, 5) is 10.0. The number of aromatic nitrogens is 3. The number of imidazole rings is 1. The van der Waals surface area contributed by atoms with Crippen LogP contribution in [0.3, 0.4) is 0 Å². The van der Waals surface area contributed by atoms with Crippen molar-refractivity contribution in [2.75, 3.05) is 0 Å². The van der Waals surface area contributed by atoms with Crippen LogP contribution in [0.1, 0.15) is 40.3 Å². The zero-order valence-corrected chi connectivity index (χ0v) is 15.0. The highest BCUT2D eigenvalue weighted by Gasteiger charge is 1.86. The lowest BCUT2D eigenvalue weighted by Crippen LogP contribution is -1.74. The molecule has 0 spiro atoms. The lowest BCUT2D eigenvalue weighted by atomic mass is 10.2. The largest absolute Gasteiger partial charge is 0.337 e. The van der Waals surface area contributed by atoms with E-state index < -0.39 is 0 Å². The van der Waals surface area contributed by atoms with Gasteiger partial charge in [0.25, 0.3) is 0 Å². The van der Waals surface area contributed by atoms with Crippen LogP contribution in [0.4, 0.5) is 0 Å². The molecule has 0 saturated carbocycles. The van der Waals surface area contributed by atoms with E-state index in [1.807, 2.05) is 64.4 Å². The van der Waals surface area contributed by atoms with Gasteiger partial charge >= 0.3 is 0 Å². The normalized spacial score (nSPS) is 8.59. The molecule has 1 aromatic carbocycles. The summed E-state index contributed by atoms with van der Waals surface area (Å²) in [6.45, 7) is 10.1.